The molecule has 102 valence electrons. The molecular formula is C15H20BrN3. The highest BCUT2D eigenvalue weighted by atomic mass is 79.9. The first-order valence-corrected chi connectivity index (χ1v) is 7.58. The normalized spacial score (nSPS) is 10.9. The van der Waals surface area contributed by atoms with Crippen molar-refractivity contribution < 1.29 is 0 Å². The fourth-order valence-corrected chi connectivity index (χ4v) is 2.67. The van der Waals surface area contributed by atoms with Crippen LogP contribution in [0.15, 0.2) is 28.7 Å². The zero-order valence-electron chi connectivity index (χ0n) is 11.5. The molecule has 1 aromatic carbocycles. The number of benzene rings is 1. The maximum absolute atomic E-state index is 6.30. The Bertz CT molecular complexity index is 561. The summed E-state index contributed by atoms with van der Waals surface area (Å²) in [5.74, 6) is 1.84. The largest absolute Gasteiger partial charge is 0.383 e. The summed E-state index contributed by atoms with van der Waals surface area (Å²) in [6.07, 6.45) is 3.19. The monoisotopic (exact) mass is 321 g/mol. The number of unbranched alkanes of at least 4 members (excludes halogenated alkanes) is 1. The summed E-state index contributed by atoms with van der Waals surface area (Å²) in [7, 11) is 0. The van der Waals surface area contributed by atoms with E-state index in [9.17, 15) is 0 Å². The van der Waals surface area contributed by atoms with E-state index in [4.69, 9.17) is 10.7 Å². The van der Waals surface area contributed by atoms with Crippen LogP contribution in [0.5, 0.6) is 0 Å². The maximum Gasteiger partial charge on any atom is 0.131 e. The molecule has 0 saturated heterocycles. The predicted octanol–water partition coefficient (Wildman–Crippen LogP) is 4.26. The van der Waals surface area contributed by atoms with Crippen LogP contribution in [-0.4, -0.2) is 9.55 Å². The molecule has 4 heteroatoms. The number of nitrogens with zero attached hydrogens (tertiary/aromatic N) is 2. The van der Waals surface area contributed by atoms with E-state index in [1.807, 2.05) is 24.3 Å². The third-order valence-corrected chi connectivity index (χ3v) is 3.96. The van der Waals surface area contributed by atoms with Gasteiger partial charge in [-0.05, 0) is 12.5 Å². The van der Waals surface area contributed by atoms with Crippen molar-refractivity contribution in [3.63, 3.8) is 0 Å². The highest BCUT2D eigenvalue weighted by Crippen LogP contribution is 2.32. The lowest BCUT2D eigenvalue weighted by atomic mass is 10.1. The lowest BCUT2D eigenvalue weighted by Crippen LogP contribution is -2.06. The van der Waals surface area contributed by atoms with Gasteiger partial charge >= 0.3 is 0 Å². The molecule has 19 heavy (non-hydrogen) atoms. The van der Waals surface area contributed by atoms with E-state index in [2.05, 4.69) is 34.3 Å². The fraction of sp³-hybridized carbons (Fsp3) is 0.400. The quantitative estimate of drug-likeness (QED) is 0.894. The first kappa shape index (κ1) is 14.1. The summed E-state index contributed by atoms with van der Waals surface area (Å²) in [6.45, 7) is 5.25. The van der Waals surface area contributed by atoms with Crippen LogP contribution < -0.4 is 5.73 Å². The standard InChI is InChI=1S/C15H20BrN3/c1-3-5-10-19-13(4-2)18-14(15(19)17)11-8-6-7-9-12(11)16/h6-9H,3-5,10,17H2,1-2H3. The number of halogens is 1. The summed E-state index contributed by atoms with van der Waals surface area (Å²) in [5.41, 5.74) is 8.25. The van der Waals surface area contributed by atoms with Gasteiger partial charge in [0, 0.05) is 23.0 Å². The van der Waals surface area contributed by atoms with Crippen LogP contribution >= 0.6 is 15.9 Å². The van der Waals surface area contributed by atoms with E-state index in [1.165, 1.54) is 0 Å². The Morgan fingerprint density at radius 1 is 1.26 bits per heavy atom. The van der Waals surface area contributed by atoms with Gasteiger partial charge in [-0.2, -0.15) is 0 Å². The third kappa shape index (κ3) is 2.84. The summed E-state index contributed by atoms with van der Waals surface area (Å²) >= 11 is 3.57. The van der Waals surface area contributed by atoms with Crippen LogP contribution in [0.3, 0.4) is 0 Å². The molecule has 0 saturated carbocycles. The molecule has 2 aromatic rings. The molecule has 0 spiro atoms. The molecule has 1 heterocycles. The van der Waals surface area contributed by atoms with Gasteiger partial charge in [0.15, 0.2) is 0 Å². The van der Waals surface area contributed by atoms with Crippen molar-refractivity contribution in [2.24, 2.45) is 0 Å². The fourth-order valence-electron chi connectivity index (χ4n) is 2.20. The second-order valence-electron chi connectivity index (χ2n) is 4.60. The van der Waals surface area contributed by atoms with Crippen LogP contribution in [0.4, 0.5) is 5.82 Å². The van der Waals surface area contributed by atoms with Crippen LogP contribution in [0.25, 0.3) is 11.3 Å². The van der Waals surface area contributed by atoms with Crippen molar-refractivity contribution in [2.45, 2.75) is 39.7 Å². The van der Waals surface area contributed by atoms with Gasteiger partial charge < -0.3 is 10.3 Å². The van der Waals surface area contributed by atoms with Gasteiger partial charge in [-0.1, -0.05) is 54.4 Å². The highest BCUT2D eigenvalue weighted by Gasteiger charge is 2.16. The number of aryl methyl sites for hydroxylation is 1. The first-order chi connectivity index (χ1) is 9.19. The molecule has 0 aliphatic rings. The predicted molar refractivity (Wildman–Crippen MR) is 84.1 cm³/mol. The molecule has 0 unspecified atom stereocenters. The molecule has 0 bridgehead atoms. The average Bonchev–Trinajstić information content (AvgIpc) is 2.73. The number of hydrogen-bond donors (Lipinski definition) is 1. The van der Waals surface area contributed by atoms with E-state index in [0.717, 1.165) is 53.2 Å². The Kier molecular flexibility index (Phi) is 4.64. The number of nitrogens with two attached hydrogens (primary N) is 1. The third-order valence-electron chi connectivity index (χ3n) is 3.27. The van der Waals surface area contributed by atoms with E-state index in [-0.39, 0.29) is 0 Å². The number of imidazole rings is 1. The molecular weight excluding hydrogens is 302 g/mol. The number of hydrogen-bond acceptors (Lipinski definition) is 2. The molecule has 0 amide bonds. The molecule has 1 aromatic heterocycles. The molecule has 0 radical (unpaired) electrons. The van der Waals surface area contributed by atoms with Crippen molar-refractivity contribution in [3.05, 3.63) is 34.6 Å². The highest BCUT2D eigenvalue weighted by molar-refractivity contribution is 9.10. The van der Waals surface area contributed by atoms with E-state index in [0.29, 0.717) is 0 Å². The van der Waals surface area contributed by atoms with E-state index in [1.54, 1.807) is 0 Å². The van der Waals surface area contributed by atoms with Gasteiger partial charge in [0.05, 0.1) is 0 Å². The van der Waals surface area contributed by atoms with Crippen LogP contribution in [0, 0.1) is 0 Å². The van der Waals surface area contributed by atoms with Gasteiger partial charge in [0.2, 0.25) is 0 Å². The molecule has 0 fully saturated rings. The van der Waals surface area contributed by atoms with Gasteiger partial charge in [0.1, 0.15) is 17.3 Å². The molecule has 0 aliphatic carbocycles. The number of rotatable bonds is 5. The van der Waals surface area contributed by atoms with E-state index < -0.39 is 0 Å². The average molecular weight is 322 g/mol. The lowest BCUT2D eigenvalue weighted by molar-refractivity contribution is 0.612. The minimum atomic E-state index is 0.775. The van der Waals surface area contributed by atoms with Gasteiger partial charge in [-0.3, -0.25) is 0 Å². The van der Waals surface area contributed by atoms with Crippen molar-refractivity contribution in [1.82, 2.24) is 9.55 Å². The van der Waals surface area contributed by atoms with Crippen molar-refractivity contribution in [1.29, 1.82) is 0 Å². The Hall–Kier alpha value is -1.29. The second kappa shape index (κ2) is 6.24. The second-order valence-corrected chi connectivity index (χ2v) is 5.45. The number of nitrogen functional groups attached to an aromatic ring is 1. The summed E-state index contributed by atoms with van der Waals surface area (Å²) in [5, 5.41) is 0. The Labute approximate surface area is 123 Å². The SMILES string of the molecule is CCCCn1c(CC)nc(-c2ccccc2Br)c1N. The maximum atomic E-state index is 6.30. The first-order valence-electron chi connectivity index (χ1n) is 6.78. The van der Waals surface area contributed by atoms with Crippen molar-refractivity contribution >= 4 is 21.7 Å². The number of anilines is 1. The molecule has 3 nitrogen and oxygen atoms in total. The Morgan fingerprint density at radius 2 is 2.00 bits per heavy atom. The van der Waals surface area contributed by atoms with Crippen LogP contribution in [-0.2, 0) is 13.0 Å². The lowest BCUT2D eigenvalue weighted by Gasteiger charge is -2.08. The minimum absolute atomic E-state index is 0.775. The Morgan fingerprint density at radius 3 is 2.63 bits per heavy atom. The molecule has 0 atom stereocenters. The molecule has 2 N–H and O–H groups in total. The zero-order valence-corrected chi connectivity index (χ0v) is 13.1. The van der Waals surface area contributed by atoms with Gasteiger partial charge in [-0.15, -0.1) is 0 Å². The summed E-state index contributed by atoms with van der Waals surface area (Å²) in [6, 6.07) is 8.08. The van der Waals surface area contributed by atoms with Gasteiger partial charge in [-0.25, -0.2) is 4.98 Å². The van der Waals surface area contributed by atoms with Gasteiger partial charge in [0.25, 0.3) is 0 Å². The molecule has 0 aliphatic heterocycles. The van der Waals surface area contributed by atoms with Crippen LogP contribution in [0.2, 0.25) is 0 Å². The van der Waals surface area contributed by atoms with Crippen molar-refractivity contribution in [3.8, 4) is 11.3 Å². The zero-order chi connectivity index (χ0) is 13.8. The smallest absolute Gasteiger partial charge is 0.131 e. The summed E-state index contributed by atoms with van der Waals surface area (Å²) in [4.78, 5) is 4.72. The van der Waals surface area contributed by atoms with E-state index >= 15 is 0 Å². The number of aromatic nitrogens is 2. The summed E-state index contributed by atoms with van der Waals surface area (Å²) < 4.78 is 3.18. The minimum Gasteiger partial charge on any atom is -0.383 e. The van der Waals surface area contributed by atoms with Crippen LogP contribution in [0.1, 0.15) is 32.5 Å². The van der Waals surface area contributed by atoms with Crippen molar-refractivity contribution in [2.75, 3.05) is 5.73 Å². The molecule has 2 rings (SSSR count). The topological polar surface area (TPSA) is 43.8 Å². The Balaban J connectivity index is 2.48.